The lowest BCUT2D eigenvalue weighted by molar-refractivity contribution is 0.412. The normalized spacial score (nSPS) is 10.3. The van der Waals surface area contributed by atoms with E-state index in [1.54, 1.807) is 7.11 Å². The van der Waals surface area contributed by atoms with Crippen LogP contribution >= 0.6 is 15.9 Å². The largest absolute Gasteiger partial charge is 0.495 e. The smallest absolute Gasteiger partial charge is 0.135 e. The number of methoxy groups -OCH3 is 1. The van der Waals surface area contributed by atoms with Crippen molar-refractivity contribution < 1.29 is 4.74 Å². The number of rotatable bonds is 4. The van der Waals surface area contributed by atoms with Crippen LogP contribution in [0.2, 0.25) is 0 Å². The quantitative estimate of drug-likeness (QED) is 0.883. The van der Waals surface area contributed by atoms with Crippen LogP contribution in [0, 0.1) is 13.8 Å². The molecule has 2 rings (SSSR count). The van der Waals surface area contributed by atoms with E-state index in [1.807, 2.05) is 18.2 Å². The molecule has 0 unspecified atom stereocenters. The zero-order chi connectivity index (χ0) is 13.8. The summed E-state index contributed by atoms with van der Waals surface area (Å²) in [5.74, 6) is 0.839. The molecule has 0 atom stereocenters. The van der Waals surface area contributed by atoms with Gasteiger partial charge in [0.05, 0.1) is 11.6 Å². The molecule has 0 spiro atoms. The van der Waals surface area contributed by atoms with Crippen molar-refractivity contribution >= 4 is 21.6 Å². The van der Waals surface area contributed by atoms with Gasteiger partial charge >= 0.3 is 0 Å². The van der Waals surface area contributed by atoms with Gasteiger partial charge in [0.15, 0.2) is 0 Å². The highest BCUT2D eigenvalue weighted by atomic mass is 79.9. The first-order chi connectivity index (χ1) is 9.10. The van der Waals surface area contributed by atoms with Crippen molar-refractivity contribution in [1.82, 2.24) is 0 Å². The second-order valence-electron chi connectivity index (χ2n) is 4.63. The molecule has 1 N–H and O–H groups in total. The lowest BCUT2D eigenvalue weighted by atomic mass is 10.1. The van der Waals surface area contributed by atoms with Crippen molar-refractivity contribution in [2.24, 2.45) is 0 Å². The predicted molar refractivity (Wildman–Crippen MR) is 83.9 cm³/mol. The standard InChI is InChI=1S/C16H18BrNO/c1-11-4-5-12(2)13(8-11)10-18-14-6-7-15(17)16(9-14)19-3/h4-9,18H,10H2,1-3H3. The monoisotopic (exact) mass is 319 g/mol. The maximum atomic E-state index is 5.29. The first-order valence-corrected chi connectivity index (χ1v) is 7.03. The molecule has 2 aromatic carbocycles. The van der Waals surface area contributed by atoms with Gasteiger partial charge in [0.2, 0.25) is 0 Å². The van der Waals surface area contributed by atoms with Crippen molar-refractivity contribution in [3.8, 4) is 5.75 Å². The Labute approximate surface area is 122 Å². The lowest BCUT2D eigenvalue weighted by Crippen LogP contribution is -2.02. The maximum Gasteiger partial charge on any atom is 0.135 e. The third kappa shape index (κ3) is 3.51. The number of anilines is 1. The zero-order valence-corrected chi connectivity index (χ0v) is 13.0. The molecule has 0 saturated heterocycles. The van der Waals surface area contributed by atoms with Gasteiger partial charge in [-0.25, -0.2) is 0 Å². The Bertz CT molecular complexity index is 581. The van der Waals surface area contributed by atoms with Gasteiger partial charge in [-0.1, -0.05) is 23.8 Å². The summed E-state index contributed by atoms with van der Waals surface area (Å²) in [5.41, 5.74) is 4.97. The fourth-order valence-corrected chi connectivity index (χ4v) is 2.37. The van der Waals surface area contributed by atoms with Gasteiger partial charge in [-0.3, -0.25) is 0 Å². The molecule has 0 aliphatic rings. The molecule has 2 nitrogen and oxygen atoms in total. The number of hydrogen-bond acceptors (Lipinski definition) is 2. The van der Waals surface area contributed by atoms with E-state index in [0.29, 0.717) is 0 Å². The Balaban J connectivity index is 2.12. The molecular weight excluding hydrogens is 302 g/mol. The van der Waals surface area contributed by atoms with Crippen LogP contribution in [0.25, 0.3) is 0 Å². The molecule has 19 heavy (non-hydrogen) atoms. The van der Waals surface area contributed by atoms with E-state index in [-0.39, 0.29) is 0 Å². The molecule has 2 aromatic rings. The van der Waals surface area contributed by atoms with Gasteiger partial charge < -0.3 is 10.1 Å². The van der Waals surface area contributed by atoms with Crippen molar-refractivity contribution in [3.63, 3.8) is 0 Å². The zero-order valence-electron chi connectivity index (χ0n) is 11.5. The lowest BCUT2D eigenvalue weighted by Gasteiger charge is -2.11. The summed E-state index contributed by atoms with van der Waals surface area (Å²) in [6.45, 7) is 5.07. The molecule has 3 heteroatoms. The van der Waals surface area contributed by atoms with E-state index >= 15 is 0 Å². The highest BCUT2D eigenvalue weighted by Crippen LogP contribution is 2.28. The molecule has 0 fully saturated rings. The summed E-state index contributed by atoms with van der Waals surface area (Å²) in [5, 5.41) is 3.43. The highest BCUT2D eigenvalue weighted by Gasteiger charge is 2.03. The number of aryl methyl sites for hydroxylation is 2. The number of benzene rings is 2. The average Bonchev–Trinajstić information content (AvgIpc) is 2.41. The number of hydrogen-bond donors (Lipinski definition) is 1. The van der Waals surface area contributed by atoms with E-state index in [0.717, 1.165) is 22.5 Å². The molecule has 0 saturated carbocycles. The van der Waals surface area contributed by atoms with Gasteiger partial charge in [0.1, 0.15) is 5.75 Å². The Morgan fingerprint density at radius 3 is 2.63 bits per heavy atom. The predicted octanol–water partition coefficient (Wildman–Crippen LogP) is 4.69. The van der Waals surface area contributed by atoms with E-state index in [9.17, 15) is 0 Å². The second kappa shape index (κ2) is 6.11. The highest BCUT2D eigenvalue weighted by molar-refractivity contribution is 9.10. The Morgan fingerprint density at radius 2 is 1.89 bits per heavy atom. The van der Waals surface area contributed by atoms with Gasteiger partial charge in [-0.15, -0.1) is 0 Å². The topological polar surface area (TPSA) is 21.3 Å². The van der Waals surface area contributed by atoms with Crippen LogP contribution in [0.4, 0.5) is 5.69 Å². The van der Waals surface area contributed by atoms with Crippen LogP contribution in [-0.2, 0) is 6.54 Å². The number of ether oxygens (including phenoxy) is 1. The average molecular weight is 320 g/mol. The Hall–Kier alpha value is -1.48. The van der Waals surface area contributed by atoms with E-state index in [2.05, 4.69) is 53.3 Å². The molecule has 0 bridgehead atoms. The summed E-state index contributed by atoms with van der Waals surface area (Å²) < 4.78 is 6.26. The van der Waals surface area contributed by atoms with Crippen molar-refractivity contribution in [2.75, 3.05) is 12.4 Å². The molecule has 0 radical (unpaired) electrons. The van der Waals surface area contributed by atoms with Crippen LogP contribution in [0.15, 0.2) is 40.9 Å². The summed E-state index contributed by atoms with van der Waals surface area (Å²) >= 11 is 3.45. The van der Waals surface area contributed by atoms with Crippen molar-refractivity contribution in [1.29, 1.82) is 0 Å². The summed E-state index contributed by atoms with van der Waals surface area (Å²) in [6, 6.07) is 12.5. The minimum absolute atomic E-state index is 0.818. The van der Waals surface area contributed by atoms with E-state index < -0.39 is 0 Å². The number of halogens is 1. The number of nitrogens with one attached hydrogen (secondary N) is 1. The fourth-order valence-electron chi connectivity index (χ4n) is 1.96. The first kappa shape index (κ1) is 13.9. The molecule has 0 aliphatic heterocycles. The van der Waals surface area contributed by atoms with Gasteiger partial charge in [-0.2, -0.15) is 0 Å². The minimum Gasteiger partial charge on any atom is -0.495 e. The van der Waals surface area contributed by atoms with Crippen LogP contribution in [0.5, 0.6) is 5.75 Å². The Kier molecular flexibility index (Phi) is 4.48. The molecular formula is C16H18BrNO. The third-order valence-electron chi connectivity index (χ3n) is 3.14. The molecule has 100 valence electrons. The van der Waals surface area contributed by atoms with E-state index in [4.69, 9.17) is 4.74 Å². The maximum absolute atomic E-state index is 5.29. The summed E-state index contributed by atoms with van der Waals surface area (Å²) in [7, 11) is 1.68. The van der Waals surface area contributed by atoms with Crippen LogP contribution < -0.4 is 10.1 Å². The SMILES string of the molecule is COc1cc(NCc2cc(C)ccc2C)ccc1Br. The molecule has 0 heterocycles. The molecule has 0 aromatic heterocycles. The van der Waals surface area contributed by atoms with Crippen LogP contribution in [0.3, 0.4) is 0 Å². The van der Waals surface area contributed by atoms with Crippen molar-refractivity contribution in [3.05, 3.63) is 57.6 Å². The van der Waals surface area contributed by atoms with E-state index in [1.165, 1.54) is 16.7 Å². The molecule has 0 amide bonds. The van der Waals surface area contributed by atoms with Crippen molar-refractivity contribution in [2.45, 2.75) is 20.4 Å². The van der Waals surface area contributed by atoms with Gasteiger partial charge in [0, 0.05) is 18.3 Å². The summed E-state index contributed by atoms with van der Waals surface area (Å²) in [4.78, 5) is 0. The minimum atomic E-state index is 0.818. The van der Waals surface area contributed by atoms with Gasteiger partial charge in [-0.05, 0) is 53.0 Å². The third-order valence-corrected chi connectivity index (χ3v) is 3.79. The first-order valence-electron chi connectivity index (χ1n) is 6.23. The fraction of sp³-hybridized carbons (Fsp3) is 0.250. The van der Waals surface area contributed by atoms with Crippen LogP contribution in [0.1, 0.15) is 16.7 Å². The second-order valence-corrected chi connectivity index (χ2v) is 5.49. The Morgan fingerprint density at radius 1 is 1.11 bits per heavy atom. The van der Waals surface area contributed by atoms with Crippen LogP contribution in [-0.4, -0.2) is 7.11 Å². The summed E-state index contributed by atoms with van der Waals surface area (Å²) in [6.07, 6.45) is 0. The van der Waals surface area contributed by atoms with Gasteiger partial charge in [0.25, 0.3) is 0 Å². The molecule has 0 aliphatic carbocycles.